The molecule has 1 saturated heterocycles. The van der Waals surface area contributed by atoms with E-state index in [9.17, 15) is 8.42 Å². The fraction of sp³-hybridized carbons (Fsp3) is 0.478. The maximum absolute atomic E-state index is 13.3. The zero-order valence-corrected chi connectivity index (χ0v) is 17.7. The minimum Gasteiger partial charge on any atom is -0.493 e. The minimum absolute atomic E-state index is 0.338. The highest BCUT2D eigenvalue weighted by Crippen LogP contribution is 2.37. The van der Waals surface area contributed by atoms with Gasteiger partial charge in [0.1, 0.15) is 11.1 Å². The van der Waals surface area contributed by atoms with Crippen LogP contribution in [-0.2, 0) is 16.3 Å². The first kappa shape index (κ1) is 20.4. The van der Waals surface area contributed by atoms with E-state index in [1.54, 1.807) is 24.3 Å². The van der Waals surface area contributed by atoms with E-state index < -0.39 is 15.2 Å². The second-order valence-corrected chi connectivity index (χ2v) is 9.91. The zero-order valence-electron chi connectivity index (χ0n) is 16.8. The van der Waals surface area contributed by atoms with Gasteiger partial charge in [0.15, 0.2) is 9.84 Å². The SMILES string of the molecule is O=S(=O)(c1ccccc1)C1NCCc2cccc(OCCCN3CCCCC3)c21. The van der Waals surface area contributed by atoms with Crippen molar-refractivity contribution in [2.24, 2.45) is 0 Å². The van der Waals surface area contributed by atoms with Gasteiger partial charge < -0.3 is 9.64 Å². The second kappa shape index (κ2) is 9.28. The van der Waals surface area contributed by atoms with Crippen molar-refractivity contribution in [2.45, 2.75) is 42.4 Å². The zero-order chi connectivity index (χ0) is 20.1. The molecule has 1 N–H and O–H groups in total. The van der Waals surface area contributed by atoms with Gasteiger partial charge in [-0.25, -0.2) is 8.42 Å². The number of sulfone groups is 1. The molecule has 1 unspecified atom stereocenters. The quantitative estimate of drug-likeness (QED) is 0.702. The molecule has 2 aromatic rings. The maximum Gasteiger partial charge on any atom is 0.198 e. The standard InChI is InChI=1S/C23H30N2O3S/c26-29(27,20-10-3-1-4-11-20)23-22-19(13-14-24-23)9-7-12-21(22)28-18-8-17-25-15-5-2-6-16-25/h1,3-4,7,9-12,23-24H,2,5-6,8,13-18H2. The van der Waals surface area contributed by atoms with Gasteiger partial charge in [0.05, 0.1) is 11.5 Å². The van der Waals surface area contributed by atoms with Gasteiger partial charge in [0.2, 0.25) is 0 Å². The van der Waals surface area contributed by atoms with Crippen molar-refractivity contribution in [3.63, 3.8) is 0 Å². The average molecular weight is 415 g/mol. The molecule has 2 aliphatic heterocycles. The highest BCUT2D eigenvalue weighted by Gasteiger charge is 2.35. The second-order valence-electron chi connectivity index (χ2n) is 7.88. The number of nitrogens with one attached hydrogen (secondary N) is 1. The summed E-state index contributed by atoms with van der Waals surface area (Å²) in [5, 5.41) is 2.45. The number of likely N-dealkylation sites (tertiary alicyclic amines) is 1. The molecule has 0 spiro atoms. The van der Waals surface area contributed by atoms with E-state index in [0.717, 1.165) is 30.5 Å². The Labute approximate surface area is 174 Å². The normalized spacial score (nSPS) is 20.2. The Morgan fingerprint density at radius 3 is 2.59 bits per heavy atom. The van der Waals surface area contributed by atoms with Gasteiger partial charge in [-0.3, -0.25) is 5.32 Å². The van der Waals surface area contributed by atoms with Crippen LogP contribution in [0.2, 0.25) is 0 Å². The lowest BCUT2D eigenvalue weighted by molar-refractivity contribution is 0.204. The van der Waals surface area contributed by atoms with E-state index in [1.165, 1.54) is 32.4 Å². The van der Waals surface area contributed by atoms with Crippen molar-refractivity contribution >= 4 is 9.84 Å². The average Bonchev–Trinajstić information content (AvgIpc) is 2.77. The number of nitrogens with zero attached hydrogens (tertiary/aromatic N) is 1. The third-order valence-electron chi connectivity index (χ3n) is 5.85. The van der Waals surface area contributed by atoms with Gasteiger partial charge in [-0.1, -0.05) is 36.8 Å². The number of hydrogen-bond acceptors (Lipinski definition) is 5. The van der Waals surface area contributed by atoms with Crippen LogP contribution >= 0.6 is 0 Å². The molecule has 1 atom stereocenters. The summed E-state index contributed by atoms with van der Waals surface area (Å²) < 4.78 is 32.8. The lowest BCUT2D eigenvalue weighted by atomic mass is 10.00. The first-order valence-electron chi connectivity index (χ1n) is 10.7. The Hall–Kier alpha value is -1.89. The topological polar surface area (TPSA) is 58.6 Å². The van der Waals surface area contributed by atoms with Crippen molar-refractivity contribution in [3.05, 3.63) is 59.7 Å². The maximum atomic E-state index is 13.3. The molecule has 2 heterocycles. The van der Waals surface area contributed by atoms with Crippen molar-refractivity contribution in [2.75, 3.05) is 32.8 Å². The van der Waals surface area contributed by atoms with Crippen molar-refractivity contribution in [3.8, 4) is 5.75 Å². The van der Waals surface area contributed by atoms with E-state index in [4.69, 9.17) is 4.74 Å². The number of fused-ring (bicyclic) bond motifs is 1. The van der Waals surface area contributed by atoms with Crippen molar-refractivity contribution < 1.29 is 13.2 Å². The van der Waals surface area contributed by atoms with Gasteiger partial charge >= 0.3 is 0 Å². The highest BCUT2D eigenvalue weighted by molar-refractivity contribution is 7.91. The Morgan fingerprint density at radius 1 is 1.00 bits per heavy atom. The summed E-state index contributed by atoms with van der Waals surface area (Å²) in [6.07, 6.45) is 5.68. The summed E-state index contributed by atoms with van der Waals surface area (Å²) in [5.74, 6) is 0.692. The molecule has 2 aliphatic rings. The molecule has 0 radical (unpaired) electrons. The molecule has 0 saturated carbocycles. The number of ether oxygens (including phenoxy) is 1. The summed E-state index contributed by atoms with van der Waals surface area (Å²) in [7, 11) is -3.55. The molecule has 2 aromatic carbocycles. The summed E-state index contributed by atoms with van der Waals surface area (Å²) >= 11 is 0. The molecule has 6 heteroatoms. The Balaban J connectivity index is 1.50. The van der Waals surface area contributed by atoms with Crippen LogP contribution < -0.4 is 10.1 Å². The van der Waals surface area contributed by atoms with Gasteiger partial charge in [0, 0.05) is 18.7 Å². The Bertz CT molecular complexity index is 909. The molecular formula is C23H30N2O3S. The minimum atomic E-state index is -3.55. The van der Waals surface area contributed by atoms with Gasteiger partial charge in [-0.05, 0) is 62.5 Å². The van der Waals surface area contributed by atoms with E-state index in [0.29, 0.717) is 23.8 Å². The first-order chi connectivity index (χ1) is 14.2. The summed E-state index contributed by atoms with van der Waals surface area (Å²) in [4.78, 5) is 2.84. The van der Waals surface area contributed by atoms with Crippen LogP contribution in [0.4, 0.5) is 0 Å². The molecule has 0 aliphatic carbocycles. The van der Waals surface area contributed by atoms with Crippen LogP contribution in [0.1, 0.15) is 42.2 Å². The van der Waals surface area contributed by atoms with Gasteiger partial charge in [-0.2, -0.15) is 0 Å². The Morgan fingerprint density at radius 2 is 1.79 bits per heavy atom. The highest BCUT2D eigenvalue weighted by atomic mass is 32.2. The predicted molar refractivity (Wildman–Crippen MR) is 115 cm³/mol. The first-order valence-corrected chi connectivity index (χ1v) is 12.2. The van der Waals surface area contributed by atoms with E-state index >= 15 is 0 Å². The molecular weight excluding hydrogens is 384 g/mol. The van der Waals surface area contributed by atoms with Crippen LogP contribution in [0.5, 0.6) is 5.75 Å². The number of piperidine rings is 1. The molecule has 1 fully saturated rings. The van der Waals surface area contributed by atoms with Crippen LogP contribution in [0.25, 0.3) is 0 Å². The third kappa shape index (κ3) is 4.65. The number of rotatable bonds is 7. The molecule has 156 valence electrons. The van der Waals surface area contributed by atoms with Crippen LogP contribution in [0, 0.1) is 0 Å². The molecule has 29 heavy (non-hydrogen) atoms. The third-order valence-corrected chi connectivity index (χ3v) is 7.80. The molecule has 5 nitrogen and oxygen atoms in total. The molecule has 0 bridgehead atoms. The van der Waals surface area contributed by atoms with Crippen molar-refractivity contribution in [1.82, 2.24) is 10.2 Å². The lowest BCUT2D eigenvalue weighted by Gasteiger charge is -2.29. The van der Waals surface area contributed by atoms with E-state index in [2.05, 4.69) is 10.2 Å². The largest absolute Gasteiger partial charge is 0.493 e. The Kier molecular flexibility index (Phi) is 6.53. The number of benzene rings is 2. The van der Waals surface area contributed by atoms with E-state index in [-0.39, 0.29) is 0 Å². The van der Waals surface area contributed by atoms with Gasteiger partial charge in [0.25, 0.3) is 0 Å². The smallest absolute Gasteiger partial charge is 0.198 e. The molecule has 0 aromatic heterocycles. The lowest BCUT2D eigenvalue weighted by Crippen LogP contribution is -2.35. The van der Waals surface area contributed by atoms with E-state index in [1.807, 2.05) is 24.3 Å². The fourth-order valence-electron chi connectivity index (χ4n) is 4.34. The summed E-state index contributed by atoms with van der Waals surface area (Å²) in [6.45, 7) is 4.65. The molecule has 0 amide bonds. The van der Waals surface area contributed by atoms with Crippen LogP contribution in [0.15, 0.2) is 53.4 Å². The summed E-state index contributed by atoms with van der Waals surface area (Å²) in [6, 6.07) is 14.6. The van der Waals surface area contributed by atoms with Gasteiger partial charge in [-0.15, -0.1) is 0 Å². The van der Waals surface area contributed by atoms with Crippen LogP contribution in [0.3, 0.4) is 0 Å². The number of hydrogen-bond donors (Lipinski definition) is 1. The fourth-order valence-corrected chi connectivity index (χ4v) is 6.06. The molecule has 4 rings (SSSR count). The van der Waals surface area contributed by atoms with Crippen molar-refractivity contribution in [1.29, 1.82) is 0 Å². The van der Waals surface area contributed by atoms with Crippen LogP contribution in [-0.4, -0.2) is 46.1 Å². The monoisotopic (exact) mass is 414 g/mol. The predicted octanol–water partition coefficient (Wildman–Crippen LogP) is 3.56. The summed E-state index contributed by atoms with van der Waals surface area (Å²) in [5.41, 5.74) is 1.84.